The fourth-order valence-corrected chi connectivity index (χ4v) is 2.45. The number of methoxy groups -OCH3 is 1. The molecule has 2 aromatic rings. The van der Waals surface area contributed by atoms with E-state index in [1.807, 2.05) is 38.1 Å². The average molecular weight is 271 g/mol. The number of benzene rings is 1. The molecule has 4 nitrogen and oxygen atoms in total. The van der Waals surface area contributed by atoms with Gasteiger partial charge in [0, 0.05) is 11.4 Å². The molecule has 1 atom stereocenters. The molecule has 0 aliphatic carbocycles. The number of nitrogens with two attached hydrogens (primary N) is 1. The van der Waals surface area contributed by atoms with Crippen LogP contribution in [-0.2, 0) is 0 Å². The molecule has 1 unspecified atom stereocenters. The van der Waals surface area contributed by atoms with Crippen LogP contribution in [0.15, 0.2) is 30.3 Å². The molecule has 1 heterocycles. The molecule has 106 valence electrons. The zero-order valence-electron chi connectivity index (χ0n) is 12.4. The van der Waals surface area contributed by atoms with E-state index in [1.165, 1.54) is 0 Å². The second-order valence-electron chi connectivity index (χ2n) is 4.95. The van der Waals surface area contributed by atoms with E-state index in [0.29, 0.717) is 0 Å². The summed E-state index contributed by atoms with van der Waals surface area (Å²) in [5, 5.41) is 0. The van der Waals surface area contributed by atoms with Gasteiger partial charge in [0.05, 0.1) is 13.2 Å². The molecule has 0 radical (unpaired) electrons. The zero-order valence-corrected chi connectivity index (χ0v) is 12.4. The molecule has 0 saturated heterocycles. The van der Waals surface area contributed by atoms with Gasteiger partial charge in [0.15, 0.2) is 0 Å². The van der Waals surface area contributed by atoms with Crippen molar-refractivity contribution in [2.45, 2.75) is 26.8 Å². The van der Waals surface area contributed by atoms with Crippen LogP contribution in [0.1, 0.15) is 34.1 Å². The molecular weight excluding hydrogens is 250 g/mol. The van der Waals surface area contributed by atoms with E-state index in [1.54, 1.807) is 7.11 Å². The first-order valence-electron chi connectivity index (χ1n) is 6.61. The van der Waals surface area contributed by atoms with Crippen molar-refractivity contribution in [1.29, 1.82) is 0 Å². The fourth-order valence-electron chi connectivity index (χ4n) is 2.45. The van der Waals surface area contributed by atoms with Gasteiger partial charge in [-0.3, -0.25) is 10.8 Å². The number of nitrogens with one attached hydrogen (secondary N) is 1. The van der Waals surface area contributed by atoms with Crippen molar-refractivity contribution in [2.24, 2.45) is 5.84 Å². The number of pyridine rings is 1. The lowest BCUT2D eigenvalue weighted by Gasteiger charge is -2.21. The van der Waals surface area contributed by atoms with Crippen LogP contribution in [0.4, 0.5) is 0 Å². The number of ether oxygens (including phenoxy) is 1. The summed E-state index contributed by atoms with van der Waals surface area (Å²) in [6.07, 6.45) is 0. The molecule has 0 saturated carbocycles. The lowest BCUT2D eigenvalue weighted by atomic mass is 9.94. The number of rotatable bonds is 4. The summed E-state index contributed by atoms with van der Waals surface area (Å²) in [6.45, 7) is 6.05. The highest BCUT2D eigenvalue weighted by Gasteiger charge is 2.17. The minimum atomic E-state index is -0.0750. The second kappa shape index (κ2) is 6.03. The van der Waals surface area contributed by atoms with Crippen LogP contribution in [0.3, 0.4) is 0 Å². The van der Waals surface area contributed by atoms with Crippen LogP contribution in [0.5, 0.6) is 5.75 Å². The Balaban J connectivity index is 2.47. The van der Waals surface area contributed by atoms with E-state index in [4.69, 9.17) is 10.6 Å². The quantitative estimate of drug-likeness (QED) is 0.663. The Bertz CT molecular complexity index is 611. The third-order valence-electron chi connectivity index (χ3n) is 3.53. The van der Waals surface area contributed by atoms with Crippen LogP contribution < -0.4 is 16.0 Å². The first-order chi connectivity index (χ1) is 9.56. The maximum Gasteiger partial charge on any atom is 0.119 e. The van der Waals surface area contributed by atoms with Crippen LogP contribution in [-0.4, -0.2) is 12.1 Å². The second-order valence-corrected chi connectivity index (χ2v) is 4.95. The van der Waals surface area contributed by atoms with Crippen molar-refractivity contribution >= 4 is 0 Å². The summed E-state index contributed by atoms with van der Waals surface area (Å²) in [5.41, 5.74) is 8.24. The third-order valence-corrected chi connectivity index (χ3v) is 3.53. The Morgan fingerprint density at radius 1 is 1.10 bits per heavy atom. The predicted molar refractivity (Wildman–Crippen MR) is 80.6 cm³/mol. The Morgan fingerprint density at radius 3 is 2.35 bits per heavy atom. The summed E-state index contributed by atoms with van der Waals surface area (Å²) >= 11 is 0. The van der Waals surface area contributed by atoms with Gasteiger partial charge in [0.2, 0.25) is 0 Å². The van der Waals surface area contributed by atoms with E-state index in [2.05, 4.69) is 23.4 Å². The standard InChI is InChI=1S/C16H21N3O/c1-10-9-13(20-4)6-8-14(10)16(19-17)15-7-5-11(2)18-12(15)3/h5-9,16,19H,17H2,1-4H3. The molecule has 2 rings (SSSR count). The minimum Gasteiger partial charge on any atom is -0.497 e. The van der Waals surface area contributed by atoms with Gasteiger partial charge in [-0.15, -0.1) is 0 Å². The molecule has 4 heteroatoms. The van der Waals surface area contributed by atoms with E-state index in [9.17, 15) is 0 Å². The van der Waals surface area contributed by atoms with Gasteiger partial charge in [-0.1, -0.05) is 12.1 Å². The number of aryl methyl sites for hydroxylation is 3. The Morgan fingerprint density at radius 2 is 1.80 bits per heavy atom. The first-order valence-corrected chi connectivity index (χ1v) is 6.61. The van der Waals surface area contributed by atoms with E-state index < -0.39 is 0 Å². The average Bonchev–Trinajstić information content (AvgIpc) is 2.43. The smallest absolute Gasteiger partial charge is 0.119 e. The number of nitrogens with zero attached hydrogens (tertiary/aromatic N) is 1. The van der Waals surface area contributed by atoms with Gasteiger partial charge in [-0.25, -0.2) is 5.43 Å². The van der Waals surface area contributed by atoms with Gasteiger partial charge in [-0.2, -0.15) is 0 Å². The van der Waals surface area contributed by atoms with Crippen molar-refractivity contribution in [1.82, 2.24) is 10.4 Å². The Labute approximate surface area is 120 Å². The summed E-state index contributed by atoms with van der Waals surface area (Å²) in [6, 6.07) is 10.0. The molecule has 0 spiro atoms. The van der Waals surface area contributed by atoms with Crippen LogP contribution in [0.25, 0.3) is 0 Å². The van der Waals surface area contributed by atoms with Crippen LogP contribution in [0.2, 0.25) is 0 Å². The normalized spacial score (nSPS) is 12.2. The molecule has 0 aliphatic rings. The van der Waals surface area contributed by atoms with E-state index >= 15 is 0 Å². The molecular formula is C16H21N3O. The fraction of sp³-hybridized carbons (Fsp3) is 0.312. The van der Waals surface area contributed by atoms with Gasteiger partial charge in [-0.05, 0) is 55.7 Å². The van der Waals surface area contributed by atoms with Crippen molar-refractivity contribution in [3.8, 4) is 5.75 Å². The topological polar surface area (TPSA) is 60.2 Å². The van der Waals surface area contributed by atoms with Crippen LogP contribution in [0, 0.1) is 20.8 Å². The van der Waals surface area contributed by atoms with Gasteiger partial charge >= 0.3 is 0 Å². The van der Waals surface area contributed by atoms with Gasteiger partial charge in [0.1, 0.15) is 5.75 Å². The predicted octanol–water partition coefficient (Wildman–Crippen LogP) is 2.57. The minimum absolute atomic E-state index is 0.0750. The summed E-state index contributed by atoms with van der Waals surface area (Å²) < 4.78 is 5.24. The number of aromatic nitrogens is 1. The molecule has 1 aromatic carbocycles. The number of hydrogen-bond donors (Lipinski definition) is 2. The van der Waals surface area contributed by atoms with E-state index in [0.717, 1.165) is 33.8 Å². The molecule has 0 amide bonds. The third kappa shape index (κ3) is 2.81. The molecule has 1 aromatic heterocycles. The molecule has 3 N–H and O–H groups in total. The lowest BCUT2D eigenvalue weighted by molar-refractivity contribution is 0.414. The maximum atomic E-state index is 5.77. The molecule has 0 fully saturated rings. The first kappa shape index (κ1) is 14.5. The summed E-state index contributed by atoms with van der Waals surface area (Å²) in [5.74, 6) is 6.62. The van der Waals surface area contributed by atoms with Crippen LogP contribution >= 0.6 is 0 Å². The highest BCUT2D eigenvalue weighted by atomic mass is 16.5. The lowest BCUT2D eigenvalue weighted by Crippen LogP contribution is -2.30. The highest BCUT2D eigenvalue weighted by molar-refractivity contribution is 5.42. The van der Waals surface area contributed by atoms with E-state index in [-0.39, 0.29) is 6.04 Å². The maximum absolute atomic E-state index is 5.77. The summed E-state index contributed by atoms with van der Waals surface area (Å²) in [7, 11) is 1.67. The van der Waals surface area contributed by atoms with Crippen molar-refractivity contribution in [3.63, 3.8) is 0 Å². The van der Waals surface area contributed by atoms with Gasteiger partial charge < -0.3 is 4.74 Å². The monoisotopic (exact) mass is 271 g/mol. The SMILES string of the molecule is COc1ccc(C(NN)c2ccc(C)nc2C)c(C)c1. The number of hydrazine groups is 1. The Kier molecular flexibility index (Phi) is 4.37. The molecule has 20 heavy (non-hydrogen) atoms. The highest BCUT2D eigenvalue weighted by Crippen LogP contribution is 2.28. The zero-order chi connectivity index (χ0) is 14.7. The molecule has 0 bridgehead atoms. The largest absolute Gasteiger partial charge is 0.497 e. The van der Waals surface area contributed by atoms with Crippen molar-refractivity contribution in [3.05, 3.63) is 58.4 Å². The Hall–Kier alpha value is -1.91. The van der Waals surface area contributed by atoms with Crippen molar-refractivity contribution in [2.75, 3.05) is 7.11 Å². The molecule has 0 aliphatic heterocycles. The number of hydrogen-bond acceptors (Lipinski definition) is 4. The summed E-state index contributed by atoms with van der Waals surface area (Å²) in [4.78, 5) is 4.51. The van der Waals surface area contributed by atoms with Gasteiger partial charge in [0.25, 0.3) is 0 Å². The van der Waals surface area contributed by atoms with Crippen molar-refractivity contribution < 1.29 is 4.74 Å².